The molecule has 1 heterocycles. The van der Waals surface area contributed by atoms with Gasteiger partial charge in [0.25, 0.3) is 0 Å². The highest BCUT2D eigenvalue weighted by Crippen LogP contribution is 2.32. The van der Waals surface area contributed by atoms with Crippen molar-refractivity contribution >= 4 is 17.3 Å². The Morgan fingerprint density at radius 1 is 1.48 bits per heavy atom. The highest BCUT2D eigenvalue weighted by atomic mass is 19.4. The molecule has 0 atom stereocenters. The predicted molar refractivity (Wildman–Crippen MR) is 84.1 cm³/mol. The Bertz CT molecular complexity index is 663. The molecule has 8 heteroatoms. The summed E-state index contributed by atoms with van der Waals surface area (Å²) in [4.78, 5) is 12.5. The van der Waals surface area contributed by atoms with E-state index in [1.54, 1.807) is 6.92 Å². The van der Waals surface area contributed by atoms with E-state index in [1.165, 1.54) is 13.8 Å². The van der Waals surface area contributed by atoms with E-state index in [9.17, 15) is 13.2 Å². The molecular weight excluding hydrogens is 309 g/mol. The van der Waals surface area contributed by atoms with Gasteiger partial charge in [0.15, 0.2) is 0 Å². The molecule has 0 unspecified atom stereocenters. The van der Waals surface area contributed by atoms with Crippen LogP contribution in [-0.4, -0.2) is 21.6 Å². The minimum absolute atomic E-state index is 0.167. The highest BCUT2D eigenvalue weighted by Gasteiger charge is 2.36. The van der Waals surface area contributed by atoms with Gasteiger partial charge in [0.2, 0.25) is 5.90 Å². The van der Waals surface area contributed by atoms with Gasteiger partial charge in [-0.05, 0) is 19.9 Å². The van der Waals surface area contributed by atoms with Gasteiger partial charge in [0, 0.05) is 12.1 Å². The van der Waals surface area contributed by atoms with Crippen molar-refractivity contribution in [3.8, 4) is 0 Å². The van der Waals surface area contributed by atoms with E-state index in [0.717, 1.165) is 17.0 Å². The number of alkyl halides is 3. The molecule has 0 aliphatic heterocycles. The molecule has 126 valence electrons. The molecule has 0 saturated heterocycles. The monoisotopic (exact) mass is 328 g/mol. The molecule has 23 heavy (non-hydrogen) atoms. The molecule has 0 aliphatic rings. The Morgan fingerprint density at radius 3 is 2.52 bits per heavy atom. The SMILES string of the molecule is C=C(C)/C=C(\n1cnc(C(=C)N=C(CC)ON)c1C)C(F)(F)F. The third-order valence-electron chi connectivity index (χ3n) is 2.91. The van der Waals surface area contributed by atoms with Crippen LogP contribution in [0.25, 0.3) is 11.4 Å². The number of hydrogen-bond acceptors (Lipinski definition) is 4. The van der Waals surface area contributed by atoms with Crippen molar-refractivity contribution in [3.05, 3.63) is 42.5 Å². The van der Waals surface area contributed by atoms with Crippen molar-refractivity contribution in [2.45, 2.75) is 33.4 Å². The molecule has 0 aromatic carbocycles. The molecule has 2 N–H and O–H groups in total. The van der Waals surface area contributed by atoms with E-state index in [2.05, 4.69) is 28.0 Å². The molecule has 0 spiro atoms. The third kappa shape index (κ3) is 4.56. The Labute approximate surface area is 132 Å². The van der Waals surface area contributed by atoms with Crippen molar-refractivity contribution in [1.29, 1.82) is 0 Å². The fourth-order valence-corrected chi connectivity index (χ4v) is 1.85. The van der Waals surface area contributed by atoms with E-state index in [4.69, 9.17) is 5.90 Å². The van der Waals surface area contributed by atoms with Gasteiger partial charge in [-0.2, -0.15) is 19.1 Å². The number of rotatable bonds is 5. The van der Waals surface area contributed by atoms with E-state index < -0.39 is 11.9 Å². The fraction of sp³-hybridized carbons (Fsp3) is 0.333. The lowest BCUT2D eigenvalue weighted by atomic mass is 10.2. The van der Waals surface area contributed by atoms with Crippen molar-refractivity contribution in [2.75, 3.05) is 0 Å². The van der Waals surface area contributed by atoms with E-state index in [1.807, 2.05) is 0 Å². The van der Waals surface area contributed by atoms with Crippen LogP contribution < -0.4 is 5.90 Å². The van der Waals surface area contributed by atoms with Crippen LogP contribution in [0.5, 0.6) is 0 Å². The molecule has 0 amide bonds. The molecule has 1 rings (SSSR count). The first-order chi connectivity index (χ1) is 10.6. The lowest BCUT2D eigenvalue weighted by molar-refractivity contribution is -0.0738. The van der Waals surface area contributed by atoms with E-state index in [-0.39, 0.29) is 28.6 Å². The average Bonchev–Trinajstić information content (AvgIpc) is 2.82. The summed E-state index contributed by atoms with van der Waals surface area (Å²) in [5, 5.41) is 0. The normalized spacial score (nSPS) is 13.2. The van der Waals surface area contributed by atoms with Crippen LogP contribution in [0.3, 0.4) is 0 Å². The summed E-state index contributed by atoms with van der Waals surface area (Å²) in [7, 11) is 0. The molecule has 5 nitrogen and oxygen atoms in total. The van der Waals surface area contributed by atoms with Gasteiger partial charge in [-0.1, -0.05) is 25.7 Å². The van der Waals surface area contributed by atoms with Crippen molar-refractivity contribution in [1.82, 2.24) is 9.55 Å². The van der Waals surface area contributed by atoms with Crippen LogP contribution in [0.15, 0.2) is 36.1 Å². The Morgan fingerprint density at radius 2 is 2.09 bits per heavy atom. The molecule has 0 fully saturated rings. The maximum absolute atomic E-state index is 13.2. The van der Waals surface area contributed by atoms with E-state index >= 15 is 0 Å². The topological polar surface area (TPSA) is 65.4 Å². The number of hydrogen-bond donors (Lipinski definition) is 1. The van der Waals surface area contributed by atoms with Gasteiger partial charge < -0.3 is 4.84 Å². The molecule has 1 aromatic rings. The number of halogens is 3. The summed E-state index contributed by atoms with van der Waals surface area (Å²) in [5.74, 6) is 5.25. The second-order valence-corrected chi connectivity index (χ2v) is 4.85. The first-order valence-electron chi connectivity index (χ1n) is 6.74. The Kier molecular flexibility index (Phi) is 5.91. The fourth-order valence-electron chi connectivity index (χ4n) is 1.85. The second-order valence-electron chi connectivity index (χ2n) is 4.85. The van der Waals surface area contributed by atoms with Gasteiger partial charge >= 0.3 is 6.18 Å². The van der Waals surface area contributed by atoms with Crippen LogP contribution in [0, 0.1) is 6.92 Å². The summed E-state index contributed by atoms with van der Waals surface area (Å²) >= 11 is 0. The summed E-state index contributed by atoms with van der Waals surface area (Å²) in [6.45, 7) is 11.9. The van der Waals surface area contributed by atoms with Gasteiger partial charge in [0.05, 0.1) is 5.70 Å². The number of imidazole rings is 1. The largest absolute Gasteiger partial charge is 0.431 e. The van der Waals surface area contributed by atoms with Gasteiger partial charge in [-0.3, -0.25) is 4.57 Å². The average molecular weight is 328 g/mol. The number of aromatic nitrogens is 2. The molecule has 0 aliphatic carbocycles. The van der Waals surface area contributed by atoms with Gasteiger partial charge in [0.1, 0.15) is 17.7 Å². The third-order valence-corrected chi connectivity index (χ3v) is 2.91. The second kappa shape index (κ2) is 7.28. The number of allylic oxidation sites excluding steroid dienone is 3. The molecular formula is C15H19F3N4O. The van der Waals surface area contributed by atoms with Gasteiger partial charge in [-0.15, -0.1) is 0 Å². The zero-order valence-electron chi connectivity index (χ0n) is 13.2. The molecule has 0 radical (unpaired) electrons. The predicted octanol–water partition coefficient (Wildman–Crippen LogP) is 3.84. The first-order valence-corrected chi connectivity index (χ1v) is 6.74. The summed E-state index contributed by atoms with van der Waals surface area (Å²) in [6, 6.07) is 0. The summed E-state index contributed by atoms with van der Waals surface area (Å²) in [6.07, 6.45) is -2.12. The lowest BCUT2D eigenvalue weighted by Crippen LogP contribution is -2.17. The van der Waals surface area contributed by atoms with Crippen LogP contribution in [0.2, 0.25) is 0 Å². The molecule has 1 aromatic heterocycles. The zero-order valence-corrected chi connectivity index (χ0v) is 13.2. The van der Waals surface area contributed by atoms with E-state index in [0.29, 0.717) is 6.42 Å². The Hall–Kier alpha value is -2.35. The van der Waals surface area contributed by atoms with Gasteiger partial charge in [-0.25, -0.2) is 9.98 Å². The summed E-state index contributed by atoms with van der Waals surface area (Å²) in [5.41, 5.74) is 0.0266. The standard InChI is InChI=1S/C15H19F3N4O/c1-6-13(23-19)21-10(4)14-11(5)22(8-20-14)12(7-9(2)3)15(16,17)18/h7-8H,2,4,6,19H2,1,3,5H3/b12-7-,21-13?. The minimum Gasteiger partial charge on any atom is -0.396 e. The molecule has 0 bridgehead atoms. The maximum atomic E-state index is 13.2. The van der Waals surface area contributed by atoms with Crippen molar-refractivity contribution in [3.63, 3.8) is 0 Å². The smallest absolute Gasteiger partial charge is 0.396 e. The first kappa shape index (κ1) is 18.7. The quantitative estimate of drug-likeness (QED) is 0.386. The number of nitrogens with two attached hydrogens (primary N) is 1. The van der Waals surface area contributed by atoms with Crippen LogP contribution in [0.1, 0.15) is 31.7 Å². The maximum Gasteiger partial charge on any atom is 0.431 e. The van der Waals surface area contributed by atoms with Crippen LogP contribution in [0.4, 0.5) is 13.2 Å². The lowest BCUT2D eigenvalue weighted by Gasteiger charge is -2.14. The zero-order chi connectivity index (χ0) is 17.8. The van der Waals surface area contributed by atoms with Crippen molar-refractivity contribution in [2.24, 2.45) is 10.9 Å². The number of aliphatic imine (C=N–C) groups is 1. The highest BCUT2D eigenvalue weighted by molar-refractivity contribution is 5.82. The minimum atomic E-state index is -4.55. The number of nitrogens with zero attached hydrogens (tertiary/aromatic N) is 3. The van der Waals surface area contributed by atoms with Crippen LogP contribution >= 0.6 is 0 Å². The van der Waals surface area contributed by atoms with Crippen LogP contribution in [-0.2, 0) is 4.84 Å². The van der Waals surface area contributed by atoms with Crippen molar-refractivity contribution < 1.29 is 18.0 Å². The summed E-state index contributed by atoms with van der Waals surface area (Å²) < 4.78 is 40.6. The Balaban J connectivity index is 3.34. The molecule has 0 saturated carbocycles.